The fraction of sp³-hybridized carbons (Fsp3) is 0.0435. The number of hydrogen-bond acceptors (Lipinski definition) is 3. The van der Waals surface area contributed by atoms with Gasteiger partial charge in [-0.3, -0.25) is 14.5 Å². The van der Waals surface area contributed by atoms with Crippen LogP contribution in [0.25, 0.3) is 5.57 Å². The quantitative estimate of drug-likeness (QED) is 0.582. The standard InChI is InChI=1S/C23H14Cl2N2O3/c24-14-7-4-8-16(11-14)27-21(29)20(28)19(13-5-2-1-3-6-13)23(27)17-10-9-15(25)12-18(17)26-22(23)30/h1-12,28H,(H,26,30). The van der Waals surface area contributed by atoms with Gasteiger partial charge in [-0.1, -0.05) is 65.7 Å². The van der Waals surface area contributed by atoms with Gasteiger partial charge in [-0.2, -0.15) is 0 Å². The highest BCUT2D eigenvalue weighted by Crippen LogP contribution is 2.55. The van der Waals surface area contributed by atoms with Crippen molar-refractivity contribution in [3.05, 3.63) is 99.7 Å². The Morgan fingerprint density at radius 2 is 1.60 bits per heavy atom. The van der Waals surface area contributed by atoms with Crippen molar-refractivity contribution in [3.63, 3.8) is 0 Å². The van der Waals surface area contributed by atoms with E-state index in [0.29, 0.717) is 32.5 Å². The second-order valence-corrected chi connectivity index (χ2v) is 7.94. The molecule has 7 heteroatoms. The third kappa shape index (κ3) is 2.43. The van der Waals surface area contributed by atoms with Crippen LogP contribution in [0.1, 0.15) is 11.1 Å². The maximum absolute atomic E-state index is 13.6. The van der Waals surface area contributed by atoms with Gasteiger partial charge in [-0.25, -0.2) is 0 Å². The normalized spacial score (nSPS) is 20.1. The predicted octanol–water partition coefficient (Wildman–Crippen LogP) is 5.16. The highest BCUT2D eigenvalue weighted by atomic mass is 35.5. The zero-order valence-corrected chi connectivity index (χ0v) is 16.9. The van der Waals surface area contributed by atoms with Gasteiger partial charge in [0.25, 0.3) is 11.8 Å². The third-order valence-electron chi connectivity index (χ3n) is 5.42. The van der Waals surface area contributed by atoms with Gasteiger partial charge in [0, 0.05) is 32.6 Å². The molecule has 3 aromatic carbocycles. The van der Waals surface area contributed by atoms with Crippen LogP contribution in [0, 0.1) is 0 Å². The number of fused-ring (bicyclic) bond motifs is 2. The number of rotatable bonds is 2. The van der Waals surface area contributed by atoms with Gasteiger partial charge in [-0.05, 0) is 35.9 Å². The number of anilines is 2. The number of carbonyl (C=O) groups is 2. The maximum Gasteiger partial charge on any atom is 0.295 e. The van der Waals surface area contributed by atoms with Gasteiger partial charge in [0.2, 0.25) is 0 Å². The highest BCUT2D eigenvalue weighted by molar-refractivity contribution is 6.33. The lowest BCUT2D eigenvalue weighted by Crippen LogP contribution is -2.50. The van der Waals surface area contributed by atoms with Crippen molar-refractivity contribution in [2.24, 2.45) is 0 Å². The molecule has 30 heavy (non-hydrogen) atoms. The first-order chi connectivity index (χ1) is 14.4. The molecule has 5 nitrogen and oxygen atoms in total. The van der Waals surface area contributed by atoms with Crippen LogP contribution < -0.4 is 10.2 Å². The lowest BCUT2D eigenvalue weighted by molar-refractivity contribution is -0.123. The van der Waals surface area contributed by atoms with Gasteiger partial charge in [0.05, 0.1) is 0 Å². The third-order valence-corrected chi connectivity index (χ3v) is 5.89. The molecule has 1 spiro atoms. The number of halogens is 2. The summed E-state index contributed by atoms with van der Waals surface area (Å²) in [6.45, 7) is 0. The molecule has 0 aromatic heterocycles. The molecule has 0 radical (unpaired) electrons. The molecule has 2 amide bonds. The van der Waals surface area contributed by atoms with E-state index >= 15 is 0 Å². The van der Waals surface area contributed by atoms with Crippen molar-refractivity contribution >= 4 is 52.0 Å². The largest absolute Gasteiger partial charge is 0.503 e. The van der Waals surface area contributed by atoms with Crippen LogP contribution in [0.2, 0.25) is 10.0 Å². The fourth-order valence-electron chi connectivity index (χ4n) is 4.27. The Kier molecular flexibility index (Phi) is 4.13. The summed E-state index contributed by atoms with van der Waals surface area (Å²) in [5.74, 6) is -1.64. The van der Waals surface area contributed by atoms with Gasteiger partial charge >= 0.3 is 0 Å². The number of amides is 2. The summed E-state index contributed by atoms with van der Waals surface area (Å²) in [6, 6.07) is 20.5. The Balaban J connectivity index is 1.87. The van der Waals surface area contributed by atoms with Gasteiger partial charge in [0.1, 0.15) is 0 Å². The summed E-state index contributed by atoms with van der Waals surface area (Å²) in [6.07, 6.45) is 0. The van der Waals surface area contributed by atoms with Crippen LogP contribution in [0.5, 0.6) is 0 Å². The summed E-state index contributed by atoms with van der Waals surface area (Å²) in [7, 11) is 0. The molecule has 0 bridgehead atoms. The predicted molar refractivity (Wildman–Crippen MR) is 117 cm³/mol. The summed E-state index contributed by atoms with van der Waals surface area (Å²) >= 11 is 12.3. The first-order valence-electron chi connectivity index (χ1n) is 9.15. The van der Waals surface area contributed by atoms with Crippen molar-refractivity contribution in [2.45, 2.75) is 5.54 Å². The van der Waals surface area contributed by atoms with Crippen LogP contribution in [0.3, 0.4) is 0 Å². The number of benzene rings is 3. The van der Waals surface area contributed by atoms with E-state index in [1.165, 1.54) is 4.90 Å². The van der Waals surface area contributed by atoms with Crippen LogP contribution in [-0.2, 0) is 15.1 Å². The molecular formula is C23H14Cl2N2O3. The number of nitrogens with zero attached hydrogens (tertiary/aromatic N) is 1. The van der Waals surface area contributed by atoms with E-state index in [4.69, 9.17) is 23.2 Å². The lowest BCUT2D eigenvalue weighted by atomic mass is 9.80. The Hall–Kier alpha value is -3.28. The molecule has 2 N–H and O–H groups in total. The summed E-state index contributed by atoms with van der Waals surface area (Å²) in [5.41, 5.74) is 0.566. The van der Waals surface area contributed by atoms with Crippen molar-refractivity contribution < 1.29 is 14.7 Å². The number of aliphatic hydroxyl groups excluding tert-OH is 1. The fourth-order valence-corrected chi connectivity index (χ4v) is 4.62. The zero-order chi connectivity index (χ0) is 21.0. The molecule has 0 fully saturated rings. The first kappa shape index (κ1) is 18.7. The highest BCUT2D eigenvalue weighted by Gasteiger charge is 2.62. The number of carbonyl (C=O) groups excluding carboxylic acids is 2. The second kappa shape index (κ2) is 6.62. The Labute approximate surface area is 182 Å². The molecule has 148 valence electrons. The summed E-state index contributed by atoms with van der Waals surface area (Å²) < 4.78 is 0. The van der Waals surface area contributed by atoms with Crippen molar-refractivity contribution in [1.29, 1.82) is 0 Å². The molecule has 1 unspecified atom stereocenters. The lowest BCUT2D eigenvalue weighted by Gasteiger charge is -2.35. The Bertz CT molecular complexity index is 1260. The van der Waals surface area contributed by atoms with Crippen molar-refractivity contribution in [3.8, 4) is 0 Å². The smallest absolute Gasteiger partial charge is 0.295 e. The summed E-state index contributed by atoms with van der Waals surface area (Å²) in [4.78, 5) is 28.2. The minimum absolute atomic E-state index is 0.214. The SMILES string of the molecule is O=C1C(O)=C(c2ccccc2)C2(C(=O)Nc3cc(Cl)ccc32)N1c1cccc(Cl)c1. The van der Waals surface area contributed by atoms with Crippen LogP contribution >= 0.6 is 23.2 Å². The molecule has 2 heterocycles. The van der Waals surface area contributed by atoms with Gasteiger partial charge in [0.15, 0.2) is 11.3 Å². The van der Waals surface area contributed by atoms with Crippen LogP contribution in [-0.4, -0.2) is 16.9 Å². The summed E-state index contributed by atoms with van der Waals surface area (Å²) in [5, 5.41) is 14.7. The molecule has 0 saturated heterocycles. The van der Waals surface area contributed by atoms with E-state index in [2.05, 4.69) is 5.32 Å². The van der Waals surface area contributed by atoms with Crippen molar-refractivity contribution in [2.75, 3.05) is 10.2 Å². The van der Waals surface area contributed by atoms with E-state index < -0.39 is 23.1 Å². The minimum atomic E-state index is -1.60. The number of nitrogens with one attached hydrogen (secondary N) is 1. The van der Waals surface area contributed by atoms with Crippen LogP contribution in [0.4, 0.5) is 11.4 Å². The first-order valence-corrected chi connectivity index (χ1v) is 9.91. The van der Waals surface area contributed by atoms with Gasteiger partial charge < -0.3 is 10.4 Å². The molecule has 1 atom stereocenters. The van der Waals surface area contributed by atoms with Gasteiger partial charge in [-0.15, -0.1) is 0 Å². The number of hydrogen-bond donors (Lipinski definition) is 2. The zero-order valence-electron chi connectivity index (χ0n) is 15.4. The average Bonchev–Trinajstić information content (AvgIpc) is 3.13. The van der Waals surface area contributed by atoms with E-state index in [9.17, 15) is 14.7 Å². The Morgan fingerprint density at radius 1 is 0.867 bits per heavy atom. The van der Waals surface area contributed by atoms with E-state index in [0.717, 1.165) is 0 Å². The molecule has 2 aliphatic heterocycles. The number of aliphatic hydroxyl groups is 1. The maximum atomic E-state index is 13.6. The van der Waals surface area contributed by atoms with Crippen molar-refractivity contribution in [1.82, 2.24) is 0 Å². The van der Waals surface area contributed by atoms with Crippen LogP contribution in [0.15, 0.2) is 78.6 Å². The second-order valence-electron chi connectivity index (χ2n) is 7.06. The molecule has 5 rings (SSSR count). The van der Waals surface area contributed by atoms with E-state index in [-0.39, 0.29) is 5.57 Å². The molecule has 3 aromatic rings. The monoisotopic (exact) mass is 436 g/mol. The Morgan fingerprint density at radius 3 is 2.33 bits per heavy atom. The van der Waals surface area contributed by atoms with E-state index in [1.54, 1.807) is 66.7 Å². The molecule has 0 saturated carbocycles. The molecule has 0 aliphatic carbocycles. The topological polar surface area (TPSA) is 69.6 Å². The molecule has 2 aliphatic rings. The minimum Gasteiger partial charge on any atom is -0.503 e. The molecular weight excluding hydrogens is 423 g/mol. The average molecular weight is 437 g/mol. The van der Waals surface area contributed by atoms with E-state index in [1.807, 2.05) is 6.07 Å².